The highest BCUT2D eigenvalue weighted by molar-refractivity contribution is 9.10. The lowest BCUT2D eigenvalue weighted by atomic mass is 9.86. The highest BCUT2D eigenvalue weighted by Gasteiger charge is 2.31. The summed E-state index contributed by atoms with van der Waals surface area (Å²) in [5.41, 5.74) is 1.32. The zero-order chi connectivity index (χ0) is 15.2. The van der Waals surface area contributed by atoms with Crippen molar-refractivity contribution in [1.29, 1.82) is 0 Å². The Labute approximate surface area is 139 Å². The molecule has 3 nitrogen and oxygen atoms in total. The first-order valence-corrected chi connectivity index (χ1v) is 8.49. The van der Waals surface area contributed by atoms with Gasteiger partial charge in [-0.25, -0.2) is 0 Å². The van der Waals surface area contributed by atoms with Crippen molar-refractivity contribution >= 4 is 39.1 Å². The van der Waals surface area contributed by atoms with Gasteiger partial charge < -0.3 is 10.1 Å². The quantitative estimate of drug-likeness (QED) is 0.636. The third-order valence-corrected chi connectivity index (χ3v) is 4.73. The summed E-state index contributed by atoms with van der Waals surface area (Å²) in [6.07, 6.45) is 2.86. The van der Waals surface area contributed by atoms with Crippen LogP contribution in [0, 0.1) is 11.8 Å². The van der Waals surface area contributed by atoms with Crippen LogP contribution in [-0.2, 0) is 16.0 Å². The summed E-state index contributed by atoms with van der Waals surface area (Å²) in [6.45, 7) is 3.08. The molecule has 1 fully saturated rings. The number of rotatable bonds is 5. The standard InChI is InChI=1S/C16H20BrNO2S/c1-2-20-16(19)14-9-12(10-18-15(14)21)4-3-11-5-7-13(17)8-6-11/h5-8,12,14H,2-4,9-10H2,1H3,(H,18,21). The van der Waals surface area contributed by atoms with Gasteiger partial charge in [-0.05, 0) is 49.8 Å². The van der Waals surface area contributed by atoms with E-state index in [-0.39, 0.29) is 11.9 Å². The summed E-state index contributed by atoms with van der Waals surface area (Å²) < 4.78 is 6.20. The van der Waals surface area contributed by atoms with E-state index in [9.17, 15) is 4.79 Å². The zero-order valence-electron chi connectivity index (χ0n) is 12.1. The Balaban J connectivity index is 1.87. The second-order valence-electron chi connectivity index (χ2n) is 5.32. The van der Waals surface area contributed by atoms with Gasteiger partial charge in [-0.1, -0.05) is 40.3 Å². The largest absolute Gasteiger partial charge is 0.465 e. The molecule has 1 aromatic carbocycles. The van der Waals surface area contributed by atoms with Crippen LogP contribution in [0.15, 0.2) is 28.7 Å². The Kier molecular flexibility index (Phi) is 6.18. The van der Waals surface area contributed by atoms with Crippen LogP contribution in [0.2, 0.25) is 0 Å². The minimum absolute atomic E-state index is 0.191. The molecule has 1 saturated heterocycles. The van der Waals surface area contributed by atoms with Gasteiger partial charge >= 0.3 is 5.97 Å². The van der Waals surface area contributed by atoms with Crippen LogP contribution in [0.5, 0.6) is 0 Å². The van der Waals surface area contributed by atoms with E-state index in [0.717, 1.165) is 30.3 Å². The van der Waals surface area contributed by atoms with Crippen LogP contribution in [0.3, 0.4) is 0 Å². The van der Waals surface area contributed by atoms with Gasteiger partial charge in [-0.15, -0.1) is 0 Å². The first-order valence-electron chi connectivity index (χ1n) is 7.29. The fourth-order valence-corrected chi connectivity index (χ4v) is 3.12. The molecule has 0 bridgehead atoms. The maximum Gasteiger partial charge on any atom is 0.315 e. The number of halogens is 1. The van der Waals surface area contributed by atoms with E-state index in [1.165, 1.54) is 5.56 Å². The van der Waals surface area contributed by atoms with E-state index in [1.807, 2.05) is 6.92 Å². The highest BCUT2D eigenvalue weighted by Crippen LogP contribution is 2.24. The van der Waals surface area contributed by atoms with Gasteiger partial charge in [0.15, 0.2) is 0 Å². The van der Waals surface area contributed by atoms with Crippen molar-refractivity contribution < 1.29 is 9.53 Å². The number of benzene rings is 1. The summed E-state index contributed by atoms with van der Waals surface area (Å²) in [5.74, 6) is -0.0123. The number of hydrogen-bond donors (Lipinski definition) is 1. The molecule has 2 unspecified atom stereocenters. The number of piperidine rings is 1. The minimum atomic E-state index is -0.274. The Morgan fingerprint density at radius 1 is 1.43 bits per heavy atom. The van der Waals surface area contributed by atoms with Gasteiger partial charge in [0.25, 0.3) is 0 Å². The van der Waals surface area contributed by atoms with Crippen molar-refractivity contribution in [2.24, 2.45) is 11.8 Å². The van der Waals surface area contributed by atoms with Gasteiger partial charge in [0.05, 0.1) is 11.6 Å². The van der Waals surface area contributed by atoms with E-state index in [4.69, 9.17) is 17.0 Å². The van der Waals surface area contributed by atoms with Gasteiger partial charge in [-0.2, -0.15) is 0 Å². The molecule has 0 saturated carbocycles. The molecule has 21 heavy (non-hydrogen) atoms. The normalized spacial score (nSPS) is 21.7. The van der Waals surface area contributed by atoms with Crippen LogP contribution >= 0.6 is 28.1 Å². The third-order valence-electron chi connectivity index (χ3n) is 3.78. The second kappa shape index (κ2) is 7.90. The molecular formula is C16H20BrNO2S. The topological polar surface area (TPSA) is 38.3 Å². The fraction of sp³-hybridized carbons (Fsp3) is 0.500. The molecule has 0 radical (unpaired) electrons. The third kappa shape index (κ3) is 4.78. The summed E-state index contributed by atoms with van der Waals surface area (Å²) in [5, 5.41) is 3.19. The average molecular weight is 370 g/mol. The Morgan fingerprint density at radius 2 is 2.14 bits per heavy atom. The lowest BCUT2D eigenvalue weighted by molar-refractivity contribution is -0.146. The maximum absolute atomic E-state index is 11.9. The van der Waals surface area contributed by atoms with Crippen molar-refractivity contribution in [3.63, 3.8) is 0 Å². The second-order valence-corrected chi connectivity index (χ2v) is 6.67. The molecule has 2 atom stereocenters. The smallest absolute Gasteiger partial charge is 0.315 e. The molecular weight excluding hydrogens is 350 g/mol. The first kappa shape index (κ1) is 16.4. The van der Waals surface area contributed by atoms with Gasteiger partial charge in [0.1, 0.15) is 5.92 Å². The number of ether oxygens (including phenoxy) is 1. The molecule has 1 N–H and O–H groups in total. The van der Waals surface area contributed by atoms with Crippen molar-refractivity contribution in [3.05, 3.63) is 34.3 Å². The number of hydrogen-bond acceptors (Lipinski definition) is 3. The number of aryl methyl sites for hydroxylation is 1. The predicted molar refractivity (Wildman–Crippen MR) is 91.3 cm³/mol. The average Bonchev–Trinajstić information content (AvgIpc) is 2.48. The first-order chi connectivity index (χ1) is 10.1. The SMILES string of the molecule is CCOC(=O)C1CC(CCc2ccc(Br)cc2)CNC1=S. The lowest BCUT2D eigenvalue weighted by Crippen LogP contribution is -2.44. The molecule has 5 heteroatoms. The number of esters is 1. The summed E-state index contributed by atoms with van der Waals surface area (Å²) in [6, 6.07) is 8.39. The van der Waals surface area contributed by atoms with E-state index < -0.39 is 0 Å². The molecule has 0 amide bonds. The molecule has 1 heterocycles. The maximum atomic E-state index is 11.9. The van der Waals surface area contributed by atoms with Gasteiger partial charge in [0, 0.05) is 11.0 Å². The van der Waals surface area contributed by atoms with Crippen molar-refractivity contribution in [2.75, 3.05) is 13.2 Å². The molecule has 0 aromatic heterocycles. The summed E-state index contributed by atoms with van der Waals surface area (Å²) >= 11 is 8.69. The summed E-state index contributed by atoms with van der Waals surface area (Å²) in [7, 11) is 0. The monoisotopic (exact) mass is 369 g/mol. The molecule has 2 rings (SSSR count). The molecule has 1 aliphatic heterocycles. The van der Waals surface area contributed by atoms with E-state index >= 15 is 0 Å². The van der Waals surface area contributed by atoms with Crippen LogP contribution in [0.25, 0.3) is 0 Å². The van der Waals surface area contributed by atoms with Crippen LogP contribution in [0.1, 0.15) is 25.3 Å². The molecule has 114 valence electrons. The van der Waals surface area contributed by atoms with E-state index in [2.05, 4.69) is 45.5 Å². The summed E-state index contributed by atoms with van der Waals surface area (Å²) in [4.78, 5) is 12.5. The van der Waals surface area contributed by atoms with Crippen molar-refractivity contribution in [2.45, 2.75) is 26.2 Å². The fourth-order valence-electron chi connectivity index (χ4n) is 2.58. The molecule has 1 aliphatic rings. The Bertz CT molecular complexity index is 504. The molecule has 1 aromatic rings. The van der Waals surface area contributed by atoms with E-state index in [1.54, 1.807) is 0 Å². The molecule has 0 aliphatic carbocycles. The van der Waals surface area contributed by atoms with Crippen molar-refractivity contribution in [3.8, 4) is 0 Å². The van der Waals surface area contributed by atoms with Gasteiger partial charge in [-0.3, -0.25) is 4.79 Å². The number of thiocarbonyl (C=S) groups is 1. The number of carbonyl (C=O) groups excluding carboxylic acids is 1. The highest BCUT2D eigenvalue weighted by atomic mass is 79.9. The van der Waals surface area contributed by atoms with Crippen molar-refractivity contribution in [1.82, 2.24) is 5.32 Å². The number of nitrogens with one attached hydrogen (secondary N) is 1. The predicted octanol–water partition coefficient (Wildman–Crippen LogP) is 3.50. The minimum Gasteiger partial charge on any atom is -0.465 e. The number of carbonyl (C=O) groups is 1. The lowest BCUT2D eigenvalue weighted by Gasteiger charge is -2.30. The van der Waals surface area contributed by atoms with E-state index in [0.29, 0.717) is 17.5 Å². The van der Waals surface area contributed by atoms with Crippen LogP contribution in [0.4, 0.5) is 0 Å². The van der Waals surface area contributed by atoms with Crippen LogP contribution in [-0.4, -0.2) is 24.1 Å². The molecule has 0 spiro atoms. The Morgan fingerprint density at radius 3 is 2.81 bits per heavy atom. The van der Waals surface area contributed by atoms with Crippen LogP contribution < -0.4 is 5.32 Å². The Hall–Kier alpha value is -0.940. The zero-order valence-corrected chi connectivity index (χ0v) is 14.5. The van der Waals surface area contributed by atoms with Gasteiger partial charge in [0.2, 0.25) is 0 Å².